The van der Waals surface area contributed by atoms with Gasteiger partial charge in [-0.05, 0) is 55.1 Å². The summed E-state index contributed by atoms with van der Waals surface area (Å²) in [5, 5.41) is 0.232. The normalized spacial score (nSPS) is 27.6. The van der Waals surface area contributed by atoms with Gasteiger partial charge < -0.3 is 5.73 Å². The lowest BCUT2D eigenvalue weighted by molar-refractivity contribution is 0.134. The van der Waals surface area contributed by atoms with Crippen molar-refractivity contribution in [1.82, 2.24) is 0 Å². The molecule has 20 heavy (non-hydrogen) atoms. The monoisotopic (exact) mass is 297 g/mol. The Morgan fingerprint density at radius 3 is 2.45 bits per heavy atom. The second kappa shape index (κ2) is 5.65. The molecule has 2 N–H and O–H groups in total. The van der Waals surface area contributed by atoms with Crippen molar-refractivity contribution < 1.29 is 4.39 Å². The standard InChI is InChI=1S/C17H25ClFN/c1-16(2,3)13-7-9-17(20,10-8-13)11-12-5-4-6-14(19)15(12)18/h4-6,13H,7-11,20H2,1-3H3. The Kier molecular flexibility index (Phi) is 4.46. The van der Waals surface area contributed by atoms with Gasteiger partial charge in [-0.15, -0.1) is 0 Å². The third-order valence-electron chi connectivity index (χ3n) is 4.78. The molecule has 1 fully saturated rings. The molecule has 0 spiro atoms. The van der Waals surface area contributed by atoms with Gasteiger partial charge in [-0.25, -0.2) is 4.39 Å². The van der Waals surface area contributed by atoms with Gasteiger partial charge in [-0.3, -0.25) is 0 Å². The topological polar surface area (TPSA) is 26.0 Å². The zero-order valence-electron chi connectivity index (χ0n) is 12.7. The molecule has 1 aromatic rings. The fourth-order valence-electron chi connectivity index (χ4n) is 3.30. The molecule has 0 amide bonds. The van der Waals surface area contributed by atoms with Crippen molar-refractivity contribution in [3.05, 3.63) is 34.6 Å². The van der Waals surface area contributed by atoms with Gasteiger partial charge in [-0.1, -0.05) is 44.5 Å². The minimum atomic E-state index is -0.351. The summed E-state index contributed by atoms with van der Waals surface area (Å²) < 4.78 is 13.5. The summed E-state index contributed by atoms with van der Waals surface area (Å²) in [5.41, 5.74) is 7.48. The second-order valence-electron chi connectivity index (χ2n) is 7.39. The predicted molar refractivity (Wildman–Crippen MR) is 83.4 cm³/mol. The van der Waals surface area contributed by atoms with Crippen LogP contribution in [0.3, 0.4) is 0 Å². The predicted octanol–water partition coefficient (Wildman–Crippen LogP) is 4.96. The maximum atomic E-state index is 13.5. The van der Waals surface area contributed by atoms with Crippen molar-refractivity contribution in [2.75, 3.05) is 0 Å². The number of hydrogen-bond donors (Lipinski definition) is 1. The molecule has 2 rings (SSSR count). The van der Waals surface area contributed by atoms with Crippen LogP contribution in [0.25, 0.3) is 0 Å². The molecule has 0 radical (unpaired) electrons. The van der Waals surface area contributed by atoms with Crippen molar-refractivity contribution in [3.63, 3.8) is 0 Å². The fraction of sp³-hybridized carbons (Fsp3) is 0.647. The average molecular weight is 298 g/mol. The highest BCUT2D eigenvalue weighted by Gasteiger charge is 2.36. The molecule has 0 atom stereocenters. The van der Waals surface area contributed by atoms with Crippen LogP contribution in [-0.2, 0) is 6.42 Å². The summed E-state index contributed by atoms with van der Waals surface area (Å²) >= 11 is 6.05. The molecule has 1 saturated carbocycles. The first-order valence-electron chi connectivity index (χ1n) is 7.43. The van der Waals surface area contributed by atoms with Crippen LogP contribution in [0.4, 0.5) is 4.39 Å². The Morgan fingerprint density at radius 1 is 1.30 bits per heavy atom. The van der Waals surface area contributed by atoms with E-state index in [2.05, 4.69) is 20.8 Å². The SMILES string of the molecule is CC(C)(C)C1CCC(N)(Cc2cccc(F)c2Cl)CC1. The molecule has 0 unspecified atom stereocenters. The molecule has 0 aromatic heterocycles. The van der Waals surface area contributed by atoms with E-state index in [9.17, 15) is 4.39 Å². The molecule has 1 aliphatic rings. The van der Waals surface area contributed by atoms with Crippen LogP contribution in [0.15, 0.2) is 18.2 Å². The van der Waals surface area contributed by atoms with Gasteiger partial charge in [0.15, 0.2) is 0 Å². The Balaban J connectivity index is 2.05. The van der Waals surface area contributed by atoms with Crippen molar-refractivity contribution in [2.45, 2.75) is 58.4 Å². The van der Waals surface area contributed by atoms with Crippen LogP contribution in [0.2, 0.25) is 5.02 Å². The Hall–Kier alpha value is -0.600. The van der Waals surface area contributed by atoms with E-state index in [-0.39, 0.29) is 16.4 Å². The number of benzene rings is 1. The smallest absolute Gasteiger partial charge is 0.142 e. The third-order valence-corrected chi connectivity index (χ3v) is 5.20. The Morgan fingerprint density at radius 2 is 1.90 bits per heavy atom. The van der Waals surface area contributed by atoms with Gasteiger partial charge in [0, 0.05) is 5.54 Å². The summed E-state index contributed by atoms with van der Waals surface area (Å²) in [7, 11) is 0. The van der Waals surface area contributed by atoms with Gasteiger partial charge in [0.25, 0.3) is 0 Å². The summed E-state index contributed by atoms with van der Waals surface area (Å²) in [6.07, 6.45) is 4.93. The first kappa shape index (κ1) is 15.8. The average Bonchev–Trinajstić information content (AvgIpc) is 2.34. The number of rotatable bonds is 2. The van der Waals surface area contributed by atoms with Crippen LogP contribution >= 0.6 is 11.6 Å². The van der Waals surface area contributed by atoms with E-state index in [0.29, 0.717) is 11.8 Å². The molecule has 0 saturated heterocycles. The van der Waals surface area contributed by atoms with E-state index in [1.165, 1.54) is 6.07 Å². The van der Waals surface area contributed by atoms with Crippen molar-refractivity contribution in [2.24, 2.45) is 17.1 Å². The summed E-state index contributed by atoms with van der Waals surface area (Å²) in [5.74, 6) is 0.373. The molecule has 0 bridgehead atoms. The van der Waals surface area contributed by atoms with Crippen LogP contribution < -0.4 is 5.73 Å². The first-order valence-corrected chi connectivity index (χ1v) is 7.81. The lowest BCUT2D eigenvalue weighted by Crippen LogP contribution is -2.46. The van der Waals surface area contributed by atoms with E-state index < -0.39 is 0 Å². The van der Waals surface area contributed by atoms with Crippen LogP contribution in [-0.4, -0.2) is 5.54 Å². The summed E-state index contributed by atoms with van der Waals surface area (Å²) in [4.78, 5) is 0. The van der Waals surface area contributed by atoms with Gasteiger partial charge in [0.05, 0.1) is 5.02 Å². The zero-order valence-corrected chi connectivity index (χ0v) is 13.4. The quantitative estimate of drug-likeness (QED) is 0.820. The van der Waals surface area contributed by atoms with Gasteiger partial charge >= 0.3 is 0 Å². The molecule has 3 heteroatoms. The van der Waals surface area contributed by atoms with E-state index in [4.69, 9.17) is 17.3 Å². The van der Waals surface area contributed by atoms with Gasteiger partial charge in [0.1, 0.15) is 5.82 Å². The molecule has 1 aliphatic carbocycles. The van der Waals surface area contributed by atoms with Gasteiger partial charge in [-0.2, -0.15) is 0 Å². The number of halogens is 2. The number of hydrogen-bond acceptors (Lipinski definition) is 1. The van der Waals surface area contributed by atoms with E-state index in [1.54, 1.807) is 6.07 Å². The largest absolute Gasteiger partial charge is 0.325 e. The highest BCUT2D eigenvalue weighted by atomic mass is 35.5. The molecule has 0 aliphatic heterocycles. The molecule has 112 valence electrons. The lowest BCUT2D eigenvalue weighted by Gasteiger charge is -2.42. The third kappa shape index (κ3) is 3.53. The molecular formula is C17H25ClFN. The van der Waals surface area contributed by atoms with E-state index in [0.717, 1.165) is 37.2 Å². The zero-order chi connectivity index (χ0) is 15.0. The maximum Gasteiger partial charge on any atom is 0.142 e. The van der Waals surface area contributed by atoms with Crippen molar-refractivity contribution in [1.29, 1.82) is 0 Å². The minimum Gasteiger partial charge on any atom is -0.325 e. The van der Waals surface area contributed by atoms with Gasteiger partial charge in [0.2, 0.25) is 0 Å². The Labute approximate surface area is 126 Å². The van der Waals surface area contributed by atoms with Crippen LogP contribution in [0.5, 0.6) is 0 Å². The second-order valence-corrected chi connectivity index (χ2v) is 7.77. The fourth-order valence-corrected chi connectivity index (χ4v) is 3.49. The molecular weight excluding hydrogens is 273 g/mol. The molecule has 1 nitrogen and oxygen atoms in total. The van der Waals surface area contributed by atoms with E-state index >= 15 is 0 Å². The van der Waals surface area contributed by atoms with Crippen LogP contribution in [0.1, 0.15) is 52.0 Å². The minimum absolute atomic E-state index is 0.232. The van der Waals surface area contributed by atoms with E-state index in [1.807, 2.05) is 6.07 Å². The summed E-state index contributed by atoms with van der Waals surface area (Å²) in [6.45, 7) is 6.89. The van der Waals surface area contributed by atoms with Crippen molar-refractivity contribution in [3.8, 4) is 0 Å². The lowest BCUT2D eigenvalue weighted by atomic mass is 9.66. The summed E-state index contributed by atoms with van der Waals surface area (Å²) in [6, 6.07) is 4.99. The number of nitrogens with two attached hydrogens (primary N) is 1. The molecule has 1 aromatic carbocycles. The Bertz CT molecular complexity index is 470. The van der Waals surface area contributed by atoms with Crippen LogP contribution in [0, 0.1) is 17.2 Å². The maximum absolute atomic E-state index is 13.5. The molecule has 0 heterocycles. The highest BCUT2D eigenvalue weighted by Crippen LogP contribution is 2.42. The highest BCUT2D eigenvalue weighted by molar-refractivity contribution is 6.31. The first-order chi connectivity index (χ1) is 9.21. The van der Waals surface area contributed by atoms with Crippen molar-refractivity contribution >= 4 is 11.6 Å².